The number of piperidine rings is 1. The van der Waals surface area contributed by atoms with Crippen LogP contribution in [0, 0.1) is 12.8 Å². The van der Waals surface area contributed by atoms with E-state index in [1.165, 1.54) is 0 Å². The quantitative estimate of drug-likeness (QED) is 0.181. The predicted octanol–water partition coefficient (Wildman–Crippen LogP) is -4.60. The summed E-state index contributed by atoms with van der Waals surface area (Å²) in [7, 11) is 7.82. The van der Waals surface area contributed by atoms with E-state index in [1.807, 2.05) is 102 Å². The first-order valence-corrected chi connectivity index (χ1v) is 15.0. The Morgan fingerprint density at radius 3 is 1.34 bits per heavy atom. The third-order valence-electron chi connectivity index (χ3n) is 7.82. The molecule has 13 nitrogen and oxygen atoms in total. The smallest absolute Gasteiger partial charge is 0.306 e. The number of imidazole rings is 4. The van der Waals surface area contributed by atoms with Crippen molar-refractivity contribution in [3.05, 3.63) is 91.8 Å². The minimum Gasteiger partial charge on any atom is -1.00 e. The van der Waals surface area contributed by atoms with Gasteiger partial charge in [0, 0.05) is 129 Å². The zero-order valence-electron chi connectivity index (χ0n) is 28.3. The molecular formula is C33H39Cl3N11O2Os-3. The molecule has 17 heteroatoms. The molecular weight excluding hydrogens is 879 g/mol. The number of rotatable bonds is 5. The van der Waals surface area contributed by atoms with Crippen molar-refractivity contribution in [2.24, 2.45) is 34.1 Å². The first-order valence-electron chi connectivity index (χ1n) is 15.0. The summed E-state index contributed by atoms with van der Waals surface area (Å²) in [5.74, 6) is 2.67. The summed E-state index contributed by atoms with van der Waals surface area (Å²) in [4.78, 5) is 38.8. The van der Waals surface area contributed by atoms with Crippen molar-refractivity contribution in [1.82, 2.24) is 48.2 Å². The number of anilines is 1. The molecule has 1 saturated heterocycles. The Labute approximate surface area is 323 Å². The van der Waals surface area contributed by atoms with Crippen LogP contribution in [-0.4, -0.2) is 72.3 Å². The number of carbonyl (C=O) groups is 1. The summed E-state index contributed by atoms with van der Waals surface area (Å²) in [6.45, 7) is 3.56. The first-order chi connectivity index (χ1) is 22.2. The normalized spacial score (nSPS) is 12.0. The minimum atomic E-state index is -0.681. The molecule has 50 heavy (non-hydrogen) atoms. The number of aliphatic carboxylic acids is 1. The van der Waals surface area contributed by atoms with Crippen molar-refractivity contribution in [3.63, 3.8) is 0 Å². The van der Waals surface area contributed by atoms with Gasteiger partial charge in [0.25, 0.3) is 0 Å². The average Bonchev–Trinajstić information content (AvgIpc) is 3.87. The van der Waals surface area contributed by atoms with Crippen molar-refractivity contribution >= 4 is 11.7 Å². The van der Waals surface area contributed by atoms with E-state index in [-0.39, 0.29) is 62.9 Å². The Kier molecular flexibility index (Phi) is 18.1. The van der Waals surface area contributed by atoms with E-state index in [1.54, 1.807) is 37.2 Å². The summed E-state index contributed by atoms with van der Waals surface area (Å²) in [6, 6.07) is 7.98. The molecule has 1 aliphatic heterocycles. The number of aromatic nitrogens is 10. The summed E-state index contributed by atoms with van der Waals surface area (Å²) in [5.41, 5.74) is 3.94. The third kappa shape index (κ3) is 11.0. The van der Waals surface area contributed by atoms with Crippen LogP contribution in [-0.2, 0) is 52.8 Å². The number of carboxylic acid groups (broad SMARTS) is 1. The molecule has 0 aliphatic carbocycles. The monoisotopic (exact) mass is 918 g/mol. The molecule has 6 aromatic rings. The fourth-order valence-corrected chi connectivity index (χ4v) is 5.14. The van der Waals surface area contributed by atoms with Crippen LogP contribution < -0.4 is 42.1 Å². The zero-order chi connectivity index (χ0) is 32.6. The van der Waals surface area contributed by atoms with Gasteiger partial charge in [0.1, 0.15) is 0 Å². The summed E-state index contributed by atoms with van der Waals surface area (Å²) < 4.78 is 7.79. The molecule has 0 radical (unpaired) electrons. The van der Waals surface area contributed by atoms with Gasteiger partial charge in [-0.3, -0.25) is 14.8 Å². The second-order valence-electron chi connectivity index (χ2n) is 11.2. The van der Waals surface area contributed by atoms with E-state index < -0.39 is 5.97 Å². The average molecular weight is 918 g/mol. The van der Waals surface area contributed by atoms with Crippen LogP contribution in [0.1, 0.15) is 18.4 Å². The second-order valence-corrected chi connectivity index (χ2v) is 11.2. The van der Waals surface area contributed by atoms with E-state index in [9.17, 15) is 4.79 Å². The molecule has 0 spiro atoms. The number of hydrogen-bond donors (Lipinski definition) is 1. The fraction of sp³-hybridized carbons (Fsp3) is 0.303. The molecule has 0 aromatic carbocycles. The second kappa shape index (κ2) is 20.6. The van der Waals surface area contributed by atoms with Crippen molar-refractivity contribution in [1.29, 1.82) is 0 Å². The minimum absolute atomic E-state index is 0. The maximum absolute atomic E-state index is 11.0. The molecule has 270 valence electrons. The van der Waals surface area contributed by atoms with Crippen molar-refractivity contribution in [2.75, 3.05) is 18.0 Å². The van der Waals surface area contributed by atoms with Gasteiger partial charge in [0.2, 0.25) is 0 Å². The van der Waals surface area contributed by atoms with Crippen LogP contribution in [0.3, 0.4) is 0 Å². The van der Waals surface area contributed by atoms with Gasteiger partial charge in [-0.2, -0.15) is 0 Å². The van der Waals surface area contributed by atoms with Crippen molar-refractivity contribution in [3.8, 4) is 34.7 Å². The van der Waals surface area contributed by atoms with Crippen LogP contribution in [0.4, 0.5) is 5.69 Å². The van der Waals surface area contributed by atoms with Crippen LogP contribution in [0.15, 0.2) is 86.2 Å². The Bertz CT molecular complexity index is 1750. The SMILES string of the molecule is Cc1ccnc(-c2cc(N3CCC(C(=O)O)CC3)ccn2)c1.Cn1ccnc1-c1nccn1C.Cn1ccnc1-c1nccn1C.[Cl-].[Cl-].[Cl-].[Os]. The first kappa shape index (κ1) is 43.9. The summed E-state index contributed by atoms with van der Waals surface area (Å²) >= 11 is 0. The van der Waals surface area contributed by atoms with Gasteiger partial charge >= 0.3 is 5.97 Å². The fourth-order valence-electron chi connectivity index (χ4n) is 5.14. The Morgan fingerprint density at radius 2 is 1.00 bits per heavy atom. The molecule has 0 bridgehead atoms. The van der Waals surface area contributed by atoms with Gasteiger partial charge in [0.05, 0.1) is 17.3 Å². The molecule has 1 N–H and O–H groups in total. The van der Waals surface area contributed by atoms with Gasteiger partial charge in [-0.15, -0.1) is 0 Å². The van der Waals surface area contributed by atoms with Gasteiger partial charge in [-0.25, -0.2) is 19.9 Å². The number of aryl methyl sites for hydroxylation is 5. The van der Waals surface area contributed by atoms with E-state index in [2.05, 4.69) is 34.8 Å². The van der Waals surface area contributed by atoms with E-state index >= 15 is 0 Å². The van der Waals surface area contributed by atoms with E-state index in [4.69, 9.17) is 5.11 Å². The largest absolute Gasteiger partial charge is 1.00 e. The maximum Gasteiger partial charge on any atom is 0.306 e. The molecule has 7 rings (SSSR count). The molecule has 6 aromatic heterocycles. The number of nitrogens with zero attached hydrogens (tertiary/aromatic N) is 11. The van der Waals surface area contributed by atoms with Crippen LogP contribution >= 0.6 is 0 Å². The van der Waals surface area contributed by atoms with Crippen LogP contribution in [0.2, 0.25) is 0 Å². The molecule has 0 saturated carbocycles. The summed E-state index contributed by atoms with van der Waals surface area (Å²) in [6.07, 6.45) is 19.7. The number of carboxylic acids is 1. The number of hydrogen-bond acceptors (Lipinski definition) is 8. The van der Waals surface area contributed by atoms with Gasteiger partial charge in [-0.05, 0) is 49.6 Å². The van der Waals surface area contributed by atoms with E-state index in [0.717, 1.165) is 59.0 Å². The van der Waals surface area contributed by atoms with Gasteiger partial charge in [0.15, 0.2) is 23.3 Å². The predicted molar refractivity (Wildman–Crippen MR) is 176 cm³/mol. The third-order valence-corrected chi connectivity index (χ3v) is 7.82. The van der Waals surface area contributed by atoms with Gasteiger partial charge < -0.3 is 65.5 Å². The molecule has 1 aliphatic rings. The zero-order valence-corrected chi connectivity index (χ0v) is 33.1. The Morgan fingerprint density at radius 1 is 0.620 bits per heavy atom. The molecule has 0 amide bonds. The Hall–Kier alpha value is -4.08. The molecule has 7 heterocycles. The van der Waals surface area contributed by atoms with Crippen molar-refractivity contribution in [2.45, 2.75) is 19.8 Å². The molecule has 0 atom stereocenters. The van der Waals surface area contributed by atoms with Crippen LogP contribution in [0.25, 0.3) is 34.7 Å². The standard InChI is InChI=1S/C17H19N3O2.2C8H10N4.3ClH.Os/c1-12-2-6-18-15(10-12)16-11-14(3-7-19-16)20-8-4-13(5-9-20)17(21)22;2*1-11-5-3-9-7(11)8-10-4-6-12(8)2;;;;/h2-3,6-7,10-11,13H,4-5,8-9H2,1H3,(H,21,22);2*3-6H,1-2H3;3*1H;/p-3. The number of halogens is 3. The molecule has 0 unspecified atom stereocenters. The van der Waals surface area contributed by atoms with Crippen molar-refractivity contribution < 1.29 is 66.9 Å². The van der Waals surface area contributed by atoms with Gasteiger partial charge in [-0.1, -0.05) is 0 Å². The van der Waals surface area contributed by atoms with Crippen LogP contribution in [0.5, 0.6) is 0 Å². The van der Waals surface area contributed by atoms with E-state index in [0.29, 0.717) is 12.8 Å². The Balaban J connectivity index is 0.000000385. The topological polar surface area (TPSA) is 138 Å². The summed E-state index contributed by atoms with van der Waals surface area (Å²) in [5, 5.41) is 9.08. The number of pyridine rings is 2. The maximum atomic E-state index is 11.0. The molecule has 1 fully saturated rings.